The molecule has 0 heterocycles. The van der Waals surface area contributed by atoms with E-state index in [9.17, 15) is 0 Å². The Morgan fingerprint density at radius 3 is 1.71 bits per heavy atom. The monoisotopic (exact) mass is 204 g/mol. The van der Waals surface area contributed by atoms with Gasteiger partial charge >= 0.3 is 0 Å². The van der Waals surface area contributed by atoms with E-state index >= 15 is 0 Å². The van der Waals surface area contributed by atoms with Crippen LogP contribution in [0.3, 0.4) is 0 Å². The molecular formula is C13H17P. The summed E-state index contributed by atoms with van der Waals surface area (Å²) in [6.07, 6.45) is 6.79. The highest BCUT2D eigenvalue weighted by Gasteiger charge is 1.97. The first-order chi connectivity index (χ1) is 6.80. The maximum Gasteiger partial charge on any atom is -0.00999 e. The molecule has 0 aliphatic heterocycles. The Morgan fingerprint density at radius 2 is 1.36 bits per heavy atom. The molecule has 0 aliphatic carbocycles. The second kappa shape index (κ2) is 5.78. The zero-order valence-corrected chi connectivity index (χ0v) is 9.65. The van der Waals surface area contributed by atoms with Gasteiger partial charge in [-0.3, -0.25) is 0 Å². The minimum Gasteiger partial charge on any atom is -0.133 e. The predicted molar refractivity (Wildman–Crippen MR) is 67.7 cm³/mol. The highest BCUT2D eigenvalue weighted by Crippen LogP contribution is 2.15. The van der Waals surface area contributed by atoms with Crippen LogP contribution in [0.4, 0.5) is 0 Å². The summed E-state index contributed by atoms with van der Waals surface area (Å²) in [7, 11) is 2.76. The number of hydrogen-bond donors (Lipinski definition) is 0. The topological polar surface area (TPSA) is 0 Å². The van der Waals surface area contributed by atoms with Crippen LogP contribution in [0.2, 0.25) is 0 Å². The SMILES string of the molecule is C=CCc1cc(CP)cc(CC=C)c1. The first-order valence-corrected chi connectivity index (χ1v) is 5.65. The van der Waals surface area contributed by atoms with E-state index in [4.69, 9.17) is 0 Å². The molecule has 1 atom stereocenters. The zero-order chi connectivity index (χ0) is 10.4. The molecule has 0 spiro atoms. The summed E-state index contributed by atoms with van der Waals surface area (Å²) in [4.78, 5) is 0. The van der Waals surface area contributed by atoms with Crippen molar-refractivity contribution in [1.82, 2.24) is 0 Å². The van der Waals surface area contributed by atoms with Crippen LogP contribution < -0.4 is 0 Å². The first-order valence-electron chi connectivity index (χ1n) is 4.83. The molecule has 0 bridgehead atoms. The minimum atomic E-state index is 0.947. The van der Waals surface area contributed by atoms with Gasteiger partial charge < -0.3 is 0 Å². The average Bonchev–Trinajstić information content (AvgIpc) is 2.18. The normalized spacial score (nSPS) is 9.79. The summed E-state index contributed by atoms with van der Waals surface area (Å²) in [5.74, 6) is 0. The molecule has 0 N–H and O–H groups in total. The van der Waals surface area contributed by atoms with E-state index in [1.165, 1.54) is 16.7 Å². The zero-order valence-electron chi connectivity index (χ0n) is 8.50. The van der Waals surface area contributed by atoms with Crippen LogP contribution in [0.5, 0.6) is 0 Å². The Morgan fingerprint density at radius 1 is 0.929 bits per heavy atom. The summed E-state index contributed by atoms with van der Waals surface area (Å²) >= 11 is 0. The Labute approximate surface area is 88.9 Å². The van der Waals surface area contributed by atoms with Gasteiger partial charge in [-0.15, -0.1) is 22.4 Å². The molecule has 0 fully saturated rings. The van der Waals surface area contributed by atoms with E-state index < -0.39 is 0 Å². The Hall–Kier alpha value is -0.870. The Balaban J connectivity index is 2.99. The molecule has 0 amide bonds. The lowest BCUT2D eigenvalue weighted by molar-refractivity contribution is 1.18. The summed E-state index contributed by atoms with van der Waals surface area (Å²) in [5, 5.41) is 0. The van der Waals surface area contributed by atoms with Crippen LogP contribution in [-0.2, 0) is 19.0 Å². The predicted octanol–water partition coefficient (Wildman–Crippen LogP) is 3.52. The summed E-state index contributed by atoms with van der Waals surface area (Å²) in [6.45, 7) is 7.52. The molecule has 0 aliphatic rings. The van der Waals surface area contributed by atoms with Gasteiger partial charge in [0, 0.05) is 0 Å². The van der Waals surface area contributed by atoms with Gasteiger partial charge in [0.2, 0.25) is 0 Å². The van der Waals surface area contributed by atoms with Gasteiger partial charge in [0.05, 0.1) is 0 Å². The second-order valence-corrected chi connectivity index (χ2v) is 3.76. The van der Waals surface area contributed by atoms with E-state index in [1.807, 2.05) is 12.2 Å². The fraction of sp³-hybridized carbons (Fsp3) is 0.231. The third-order valence-corrected chi connectivity index (χ3v) is 2.58. The van der Waals surface area contributed by atoms with Gasteiger partial charge in [0.15, 0.2) is 0 Å². The van der Waals surface area contributed by atoms with E-state index in [1.54, 1.807) is 0 Å². The molecule has 0 saturated carbocycles. The lowest BCUT2D eigenvalue weighted by Gasteiger charge is -2.05. The minimum absolute atomic E-state index is 0.947. The maximum absolute atomic E-state index is 3.76. The Kier molecular flexibility index (Phi) is 4.62. The lowest BCUT2D eigenvalue weighted by Crippen LogP contribution is -1.90. The molecule has 1 aromatic carbocycles. The van der Waals surface area contributed by atoms with E-state index in [0.717, 1.165) is 19.0 Å². The number of allylic oxidation sites excluding steroid dienone is 2. The first kappa shape index (κ1) is 11.2. The average molecular weight is 204 g/mol. The van der Waals surface area contributed by atoms with E-state index in [2.05, 4.69) is 40.6 Å². The largest absolute Gasteiger partial charge is 0.133 e. The van der Waals surface area contributed by atoms with Gasteiger partial charge in [0.25, 0.3) is 0 Å². The van der Waals surface area contributed by atoms with Crippen molar-refractivity contribution >= 4 is 9.24 Å². The van der Waals surface area contributed by atoms with Crippen molar-refractivity contribution in [2.75, 3.05) is 0 Å². The lowest BCUT2D eigenvalue weighted by atomic mass is 10.0. The van der Waals surface area contributed by atoms with E-state index in [0.29, 0.717) is 0 Å². The summed E-state index contributed by atoms with van der Waals surface area (Å²) in [5.41, 5.74) is 4.06. The molecule has 0 radical (unpaired) electrons. The number of hydrogen-bond acceptors (Lipinski definition) is 0. The smallest absolute Gasteiger partial charge is 0.00999 e. The number of benzene rings is 1. The van der Waals surface area contributed by atoms with Gasteiger partial charge in [0.1, 0.15) is 0 Å². The molecule has 1 rings (SSSR count). The van der Waals surface area contributed by atoms with Gasteiger partial charge in [-0.05, 0) is 35.7 Å². The second-order valence-electron chi connectivity index (χ2n) is 3.35. The highest BCUT2D eigenvalue weighted by molar-refractivity contribution is 7.15. The van der Waals surface area contributed by atoms with Crippen LogP contribution in [-0.4, -0.2) is 0 Å². The van der Waals surface area contributed by atoms with Gasteiger partial charge in [-0.2, -0.15) is 0 Å². The van der Waals surface area contributed by atoms with Crippen molar-refractivity contribution in [1.29, 1.82) is 0 Å². The molecule has 1 aromatic rings. The van der Waals surface area contributed by atoms with Crippen LogP contribution in [0, 0.1) is 0 Å². The van der Waals surface area contributed by atoms with Crippen molar-refractivity contribution in [2.24, 2.45) is 0 Å². The van der Waals surface area contributed by atoms with E-state index in [-0.39, 0.29) is 0 Å². The fourth-order valence-corrected chi connectivity index (χ4v) is 1.76. The molecule has 0 nitrogen and oxygen atoms in total. The third kappa shape index (κ3) is 3.12. The van der Waals surface area contributed by atoms with Crippen molar-refractivity contribution < 1.29 is 0 Å². The standard InChI is InChI=1S/C13H17P/c1-3-5-11-7-12(6-4-2)9-13(8-11)10-14/h3-4,7-9H,1-2,5-6,10,14H2. The highest BCUT2D eigenvalue weighted by atomic mass is 31.0. The Bertz CT molecular complexity index is 298. The van der Waals surface area contributed by atoms with Crippen molar-refractivity contribution in [2.45, 2.75) is 19.0 Å². The third-order valence-electron chi connectivity index (χ3n) is 2.11. The van der Waals surface area contributed by atoms with Crippen molar-refractivity contribution in [3.8, 4) is 0 Å². The maximum atomic E-state index is 3.76. The van der Waals surface area contributed by atoms with Crippen LogP contribution in [0.1, 0.15) is 16.7 Å². The van der Waals surface area contributed by atoms with Crippen LogP contribution in [0.15, 0.2) is 43.5 Å². The summed E-state index contributed by atoms with van der Waals surface area (Å²) < 4.78 is 0. The molecule has 0 aromatic heterocycles. The van der Waals surface area contributed by atoms with Crippen molar-refractivity contribution in [3.05, 3.63) is 60.2 Å². The molecule has 14 heavy (non-hydrogen) atoms. The van der Waals surface area contributed by atoms with Gasteiger partial charge in [-0.1, -0.05) is 30.4 Å². The quantitative estimate of drug-likeness (QED) is 0.508. The molecular weight excluding hydrogens is 187 g/mol. The van der Waals surface area contributed by atoms with Crippen molar-refractivity contribution in [3.63, 3.8) is 0 Å². The molecule has 74 valence electrons. The number of rotatable bonds is 5. The van der Waals surface area contributed by atoms with Gasteiger partial charge in [-0.25, -0.2) is 0 Å². The molecule has 1 unspecified atom stereocenters. The van der Waals surface area contributed by atoms with Crippen LogP contribution >= 0.6 is 9.24 Å². The van der Waals surface area contributed by atoms with Crippen LogP contribution in [0.25, 0.3) is 0 Å². The summed E-state index contributed by atoms with van der Waals surface area (Å²) in [6, 6.07) is 6.70. The fourth-order valence-electron chi connectivity index (χ4n) is 1.53. The molecule has 1 heteroatoms. The molecule has 0 saturated heterocycles.